The van der Waals surface area contributed by atoms with Crippen molar-refractivity contribution in [1.29, 1.82) is 0 Å². The molecule has 0 radical (unpaired) electrons. The van der Waals surface area contributed by atoms with E-state index >= 15 is 0 Å². The van der Waals surface area contributed by atoms with Crippen molar-refractivity contribution < 1.29 is 8.42 Å². The third kappa shape index (κ3) is 4.89. The number of nitrogens with one attached hydrogen (secondary N) is 1. The first-order valence-electron chi connectivity index (χ1n) is 7.14. The molecule has 3 N–H and O–H groups in total. The Balaban J connectivity index is 2.78. The summed E-state index contributed by atoms with van der Waals surface area (Å²) in [6.45, 7) is 8.01. The summed E-state index contributed by atoms with van der Waals surface area (Å²) in [6.07, 6.45) is 1.89. The van der Waals surface area contributed by atoms with Crippen LogP contribution in [0.25, 0.3) is 0 Å². The highest BCUT2D eigenvalue weighted by Crippen LogP contribution is 2.16. The summed E-state index contributed by atoms with van der Waals surface area (Å²) < 4.78 is 27.2. The maximum absolute atomic E-state index is 12.3. The summed E-state index contributed by atoms with van der Waals surface area (Å²) in [5.41, 5.74) is 6.69. The standard InChI is InChI=1S/C15H26N2O2S/c1-5-11(2)10-12(3)17-20(18,19)15-8-6-14(7-9-15)13(4)16/h6-9,11-13,17H,5,10,16H2,1-4H3. The topological polar surface area (TPSA) is 72.2 Å². The van der Waals surface area contributed by atoms with E-state index in [-0.39, 0.29) is 17.0 Å². The van der Waals surface area contributed by atoms with Crippen molar-refractivity contribution in [2.45, 2.75) is 57.5 Å². The average molecular weight is 298 g/mol. The lowest BCUT2D eigenvalue weighted by Gasteiger charge is -2.18. The zero-order chi connectivity index (χ0) is 15.3. The van der Waals surface area contributed by atoms with E-state index in [2.05, 4.69) is 18.6 Å². The van der Waals surface area contributed by atoms with Crippen LogP contribution in [0, 0.1) is 5.92 Å². The molecule has 0 saturated heterocycles. The Kier molecular flexibility index (Phi) is 6.17. The zero-order valence-electron chi connectivity index (χ0n) is 12.8. The number of benzene rings is 1. The number of hydrogen-bond donors (Lipinski definition) is 2. The van der Waals surface area contributed by atoms with E-state index in [9.17, 15) is 8.42 Å². The Bertz CT molecular complexity index is 509. The van der Waals surface area contributed by atoms with Crippen molar-refractivity contribution in [3.63, 3.8) is 0 Å². The monoisotopic (exact) mass is 298 g/mol. The van der Waals surface area contributed by atoms with Crippen molar-refractivity contribution in [3.05, 3.63) is 29.8 Å². The molecule has 0 fully saturated rings. The second kappa shape index (κ2) is 7.20. The van der Waals surface area contributed by atoms with E-state index < -0.39 is 10.0 Å². The minimum Gasteiger partial charge on any atom is -0.324 e. The second-order valence-corrected chi connectivity index (χ2v) is 7.34. The molecule has 3 unspecified atom stereocenters. The van der Waals surface area contributed by atoms with Gasteiger partial charge in [-0.25, -0.2) is 13.1 Å². The van der Waals surface area contributed by atoms with Crippen LogP contribution in [0.15, 0.2) is 29.2 Å². The fourth-order valence-corrected chi connectivity index (χ4v) is 3.36. The predicted molar refractivity (Wildman–Crippen MR) is 82.9 cm³/mol. The summed E-state index contributed by atoms with van der Waals surface area (Å²) in [7, 11) is -3.45. The fourth-order valence-electron chi connectivity index (χ4n) is 2.10. The van der Waals surface area contributed by atoms with Crippen LogP contribution in [0.3, 0.4) is 0 Å². The van der Waals surface area contributed by atoms with Gasteiger partial charge in [-0.05, 0) is 43.9 Å². The van der Waals surface area contributed by atoms with E-state index in [1.165, 1.54) is 0 Å². The number of nitrogens with two attached hydrogens (primary N) is 1. The number of rotatable bonds is 7. The van der Waals surface area contributed by atoms with Gasteiger partial charge in [-0.2, -0.15) is 0 Å². The molecular formula is C15H26N2O2S. The van der Waals surface area contributed by atoms with E-state index in [0.717, 1.165) is 18.4 Å². The molecule has 4 nitrogen and oxygen atoms in total. The maximum atomic E-state index is 12.3. The number of sulfonamides is 1. The van der Waals surface area contributed by atoms with Gasteiger partial charge in [-0.3, -0.25) is 0 Å². The molecule has 0 spiro atoms. The lowest BCUT2D eigenvalue weighted by Crippen LogP contribution is -2.33. The van der Waals surface area contributed by atoms with Crippen LogP contribution in [0.1, 0.15) is 52.1 Å². The van der Waals surface area contributed by atoms with Crippen LogP contribution in [0.5, 0.6) is 0 Å². The molecule has 5 heteroatoms. The Morgan fingerprint density at radius 3 is 2.15 bits per heavy atom. The van der Waals surface area contributed by atoms with Gasteiger partial charge in [0, 0.05) is 12.1 Å². The van der Waals surface area contributed by atoms with Gasteiger partial charge < -0.3 is 5.73 Å². The molecule has 3 atom stereocenters. The normalized spacial score (nSPS) is 16.6. The molecule has 0 aromatic heterocycles. The van der Waals surface area contributed by atoms with Gasteiger partial charge in [0.1, 0.15) is 0 Å². The van der Waals surface area contributed by atoms with Crippen LogP contribution < -0.4 is 10.5 Å². The molecule has 0 bridgehead atoms. The molecule has 20 heavy (non-hydrogen) atoms. The third-order valence-electron chi connectivity index (χ3n) is 3.53. The highest BCUT2D eigenvalue weighted by molar-refractivity contribution is 7.89. The SMILES string of the molecule is CCC(C)CC(C)NS(=O)(=O)c1ccc(C(C)N)cc1. The van der Waals surface area contributed by atoms with Crippen molar-refractivity contribution in [3.8, 4) is 0 Å². The first-order chi connectivity index (χ1) is 9.26. The summed E-state index contributed by atoms with van der Waals surface area (Å²) in [5, 5.41) is 0. The molecule has 114 valence electrons. The molecule has 0 aliphatic rings. The highest BCUT2D eigenvalue weighted by atomic mass is 32.2. The molecule has 1 rings (SSSR count). The van der Waals surface area contributed by atoms with Gasteiger partial charge in [0.15, 0.2) is 0 Å². The van der Waals surface area contributed by atoms with Gasteiger partial charge in [-0.15, -0.1) is 0 Å². The Labute approximate surface area is 122 Å². The van der Waals surface area contributed by atoms with Crippen molar-refractivity contribution in [2.24, 2.45) is 11.7 Å². The Morgan fingerprint density at radius 1 is 1.15 bits per heavy atom. The first kappa shape index (κ1) is 17.1. The second-order valence-electron chi connectivity index (χ2n) is 5.63. The summed E-state index contributed by atoms with van der Waals surface area (Å²) in [6, 6.07) is 6.58. The molecule has 0 aliphatic heterocycles. The summed E-state index contributed by atoms with van der Waals surface area (Å²) in [4.78, 5) is 0.290. The molecule has 1 aromatic carbocycles. The molecule has 1 aromatic rings. The maximum Gasteiger partial charge on any atom is 0.240 e. The molecule has 0 amide bonds. The highest BCUT2D eigenvalue weighted by Gasteiger charge is 2.18. The fraction of sp³-hybridized carbons (Fsp3) is 0.600. The molecular weight excluding hydrogens is 272 g/mol. The lowest BCUT2D eigenvalue weighted by molar-refractivity contribution is 0.445. The largest absolute Gasteiger partial charge is 0.324 e. The van der Waals surface area contributed by atoms with E-state index in [0.29, 0.717) is 5.92 Å². The van der Waals surface area contributed by atoms with Gasteiger partial charge in [-0.1, -0.05) is 32.4 Å². The predicted octanol–water partition coefficient (Wildman–Crippen LogP) is 2.81. The third-order valence-corrected chi connectivity index (χ3v) is 5.13. The van der Waals surface area contributed by atoms with Crippen LogP contribution in [-0.4, -0.2) is 14.5 Å². The Hall–Kier alpha value is -0.910. The van der Waals surface area contributed by atoms with Crippen molar-refractivity contribution in [2.75, 3.05) is 0 Å². The van der Waals surface area contributed by atoms with Crippen molar-refractivity contribution in [1.82, 2.24) is 4.72 Å². The minimum atomic E-state index is -3.45. The molecule has 0 saturated carbocycles. The van der Waals surface area contributed by atoms with E-state index in [1.54, 1.807) is 24.3 Å². The zero-order valence-corrected chi connectivity index (χ0v) is 13.6. The van der Waals surface area contributed by atoms with Gasteiger partial charge in [0.2, 0.25) is 10.0 Å². The van der Waals surface area contributed by atoms with Crippen molar-refractivity contribution >= 4 is 10.0 Å². The smallest absolute Gasteiger partial charge is 0.240 e. The lowest BCUT2D eigenvalue weighted by atomic mass is 10.0. The van der Waals surface area contributed by atoms with Crippen LogP contribution in [0.4, 0.5) is 0 Å². The quantitative estimate of drug-likeness (QED) is 0.813. The molecule has 0 heterocycles. The van der Waals surface area contributed by atoms with Crippen LogP contribution >= 0.6 is 0 Å². The van der Waals surface area contributed by atoms with Crippen LogP contribution in [-0.2, 0) is 10.0 Å². The van der Waals surface area contributed by atoms with Gasteiger partial charge in [0.25, 0.3) is 0 Å². The van der Waals surface area contributed by atoms with Gasteiger partial charge in [0.05, 0.1) is 4.90 Å². The summed E-state index contributed by atoms with van der Waals surface area (Å²) >= 11 is 0. The van der Waals surface area contributed by atoms with E-state index in [4.69, 9.17) is 5.73 Å². The van der Waals surface area contributed by atoms with E-state index in [1.807, 2.05) is 13.8 Å². The average Bonchev–Trinajstić information content (AvgIpc) is 2.37. The Morgan fingerprint density at radius 2 is 1.70 bits per heavy atom. The molecule has 0 aliphatic carbocycles. The van der Waals surface area contributed by atoms with Crippen LogP contribution in [0.2, 0.25) is 0 Å². The summed E-state index contributed by atoms with van der Waals surface area (Å²) in [5.74, 6) is 0.508. The number of hydrogen-bond acceptors (Lipinski definition) is 3. The van der Waals surface area contributed by atoms with Gasteiger partial charge >= 0.3 is 0 Å². The first-order valence-corrected chi connectivity index (χ1v) is 8.62. The minimum absolute atomic E-state index is 0.0666.